The van der Waals surface area contributed by atoms with Crippen LogP contribution in [-0.2, 0) is 9.59 Å². The number of nitrogens with zero attached hydrogens (tertiary/aromatic N) is 1. The minimum atomic E-state index is -0.493. The Morgan fingerprint density at radius 1 is 1.10 bits per heavy atom. The second-order valence-electron chi connectivity index (χ2n) is 7.28. The van der Waals surface area contributed by atoms with Crippen LogP contribution in [0.25, 0.3) is 0 Å². The van der Waals surface area contributed by atoms with E-state index in [4.69, 9.17) is 23.2 Å². The van der Waals surface area contributed by atoms with Gasteiger partial charge in [-0.05, 0) is 69.6 Å². The molecule has 7 heteroatoms. The Kier molecular flexibility index (Phi) is 8.08. The van der Waals surface area contributed by atoms with E-state index in [1.807, 2.05) is 39.0 Å². The average Bonchev–Trinajstić information content (AvgIpc) is 2.64. The molecule has 0 aliphatic heterocycles. The third kappa shape index (κ3) is 6.20. The smallest absolute Gasteiger partial charge is 0.238 e. The Morgan fingerprint density at radius 3 is 2.45 bits per heavy atom. The molecular weight excluding hydrogens is 409 g/mol. The van der Waals surface area contributed by atoms with Crippen molar-refractivity contribution in [3.05, 3.63) is 63.1 Å². The standard InChI is InChI=1S/C22H27Cl2N3O2/c1-13-7-6-8-20(14(13)2)26-21(28)12-27(5)16(4)22(29)25-15(3)18-10-9-17(23)11-19(18)24/h6-11,15-16H,12H2,1-5H3,(H,25,29)(H,26,28). The number of likely N-dealkylation sites (N-methyl/N-ethyl adjacent to an activating group) is 1. The summed E-state index contributed by atoms with van der Waals surface area (Å²) in [4.78, 5) is 26.8. The van der Waals surface area contributed by atoms with Gasteiger partial charge in [0.2, 0.25) is 11.8 Å². The second-order valence-corrected chi connectivity index (χ2v) is 8.13. The minimum Gasteiger partial charge on any atom is -0.348 e. The molecule has 2 aromatic carbocycles. The van der Waals surface area contributed by atoms with Crippen molar-refractivity contribution in [1.82, 2.24) is 10.2 Å². The first kappa shape index (κ1) is 23.2. The number of benzene rings is 2. The molecule has 29 heavy (non-hydrogen) atoms. The molecule has 2 N–H and O–H groups in total. The lowest BCUT2D eigenvalue weighted by atomic mass is 10.1. The molecule has 2 amide bonds. The third-order valence-electron chi connectivity index (χ3n) is 5.10. The molecule has 2 aromatic rings. The van der Waals surface area contributed by atoms with E-state index in [0.29, 0.717) is 10.0 Å². The molecule has 0 heterocycles. The molecule has 2 unspecified atom stereocenters. The number of nitrogens with one attached hydrogen (secondary N) is 2. The number of anilines is 1. The third-order valence-corrected chi connectivity index (χ3v) is 5.66. The Balaban J connectivity index is 1.94. The van der Waals surface area contributed by atoms with Crippen molar-refractivity contribution in [1.29, 1.82) is 0 Å². The fraction of sp³-hybridized carbons (Fsp3) is 0.364. The maximum absolute atomic E-state index is 12.6. The maximum atomic E-state index is 12.6. The zero-order valence-electron chi connectivity index (χ0n) is 17.3. The average molecular weight is 436 g/mol. The van der Waals surface area contributed by atoms with Gasteiger partial charge in [0, 0.05) is 15.7 Å². The van der Waals surface area contributed by atoms with Crippen molar-refractivity contribution >= 4 is 40.7 Å². The topological polar surface area (TPSA) is 61.4 Å². The molecule has 0 aliphatic carbocycles. The summed E-state index contributed by atoms with van der Waals surface area (Å²) in [5.74, 6) is -0.361. The van der Waals surface area contributed by atoms with Gasteiger partial charge in [0.05, 0.1) is 18.6 Å². The van der Waals surface area contributed by atoms with E-state index in [9.17, 15) is 9.59 Å². The van der Waals surface area contributed by atoms with Gasteiger partial charge in [-0.2, -0.15) is 0 Å². The van der Waals surface area contributed by atoms with Crippen LogP contribution in [0.3, 0.4) is 0 Å². The van der Waals surface area contributed by atoms with E-state index >= 15 is 0 Å². The second kappa shape index (κ2) is 10.1. The zero-order valence-corrected chi connectivity index (χ0v) is 18.9. The fourth-order valence-electron chi connectivity index (χ4n) is 2.90. The number of carbonyl (C=O) groups excluding carboxylic acids is 2. The molecular formula is C22H27Cl2N3O2. The first-order chi connectivity index (χ1) is 13.6. The molecule has 2 rings (SSSR count). The highest BCUT2D eigenvalue weighted by Gasteiger charge is 2.22. The van der Waals surface area contributed by atoms with Crippen LogP contribution in [0.5, 0.6) is 0 Å². The predicted octanol–water partition coefficient (Wildman–Crippen LogP) is 4.75. The fourth-order valence-corrected chi connectivity index (χ4v) is 3.48. The minimum absolute atomic E-state index is 0.0953. The van der Waals surface area contributed by atoms with E-state index in [1.165, 1.54) is 0 Å². The van der Waals surface area contributed by atoms with Crippen molar-refractivity contribution in [2.75, 3.05) is 18.9 Å². The maximum Gasteiger partial charge on any atom is 0.238 e. The quantitative estimate of drug-likeness (QED) is 0.659. The number of rotatable bonds is 7. The molecule has 0 aliphatic rings. The van der Waals surface area contributed by atoms with Gasteiger partial charge >= 0.3 is 0 Å². The summed E-state index contributed by atoms with van der Waals surface area (Å²) >= 11 is 12.1. The lowest BCUT2D eigenvalue weighted by Crippen LogP contribution is -2.46. The van der Waals surface area contributed by atoms with Crippen molar-refractivity contribution in [3.8, 4) is 0 Å². The van der Waals surface area contributed by atoms with Crippen LogP contribution in [0.1, 0.15) is 36.6 Å². The van der Waals surface area contributed by atoms with Gasteiger partial charge in [-0.3, -0.25) is 14.5 Å². The van der Waals surface area contributed by atoms with Gasteiger partial charge in [0.15, 0.2) is 0 Å². The summed E-state index contributed by atoms with van der Waals surface area (Å²) in [5, 5.41) is 6.89. The number of hydrogen-bond donors (Lipinski definition) is 2. The lowest BCUT2D eigenvalue weighted by Gasteiger charge is -2.25. The summed E-state index contributed by atoms with van der Waals surface area (Å²) in [6, 6.07) is 10.2. The number of carbonyl (C=O) groups is 2. The first-order valence-corrected chi connectivity index (χ1v) is 10.2. The molecule has 156 valence electrons. The van der Waals surface area contributed by atoms with Crippen molar-refractivity contribution < 1.29 is 9.59 Å². The number of halogens is 2. The molecule has 0 radical (unpaired) electrons. The first-order valence-electron chi connectivity index (χ1n) is 9.41. The van der Waals surface area contributed by atoms with Gasteiger partial charge in [-0.15, -0.1) is 0 Å². The molecule has 0 spiro atoms. The largest absolute Gasteiger partial charge is 0.348 e. The highest BCUT2D eigenvalue weighted by molar-refractivity contribution is 6.35. The predicted molar refractivity (Wildman–Crippen MR) is 120 cm³/mol. The number of hydrogen-bond acceptors (Lipinski definition) is 3. The molecule has 0 aromatic heterocycles. The number of aryl methyl sites for hydroxylation is 1. The molecule has 0 saturated carbocycles. The summed E-state index contributed by atoms with van der Waals surface area (Å²) in [6.07, 6.45) is 0. The number of amides is 2. The molecule has 2 atom stereocenters. The van der Waals surface area contributed by atoms with E-state index < -0.39 is 6.04 Å². The van der Waals surface area contributed by atoms with E-state index in [2.05, 4.69) is 10.6 Å². The van der Waals surface area contributed by atoms with E-state index in [-0.39, 0.29) is 24.4 Å². The van der Waals surface area contributed by atoms with Crippen molar-refractivity contribution in [2.45, 2.75) is 39.8 Å². The van der Waals surface area contributed by atoms with Gasteiger partial charge in [-0.25, -0.2) is 0 Å². The Labute approximate surface area is 182 Å². The van der Waals surface area contributed by atoms with Crippen LogP contribution in [0.15, 0.2) is 36.4 Å². The normalized spacial score (nSPS) is 13.1. The van der Waals surface area contributed by atoms with Gasteiger partial charge in [0.1, 0.15) is 0 Å². The van der Waals surface area contributed by atoms with Crippen LogP contribution in [-0.4, -0.2) is 36.3 Å². The Morgan fingerprint density at radius 2 is 1.79 bits per heavy atom. The molecule has 0 bridgehead atoms. The summed E-state index contributed by atoms with van der Waals surface area (Å²) in [7, 11) is 1.74. The molecule has 0 fully saturated rings. The SMILES string of the molecule is Cc1cccc(NC(=O)CN(C)C(C)C(=O)NC(C)c2ccc(Cl)cc2Cl)c1C. The monoisotopic (exact) mass is 435 g/mol. The van der Waals surface area contributed by atoms with Crippen LogP contribution in [0.4, 0.5) is 5.69 Å². The molecule has 0 saturated heterocycles. The summed E-state index contributed by atoms with van der Waals surface area (Å²) < 4.78 is 0. The summed E-state index contributed by atoms with van der Waals surface area (Å²) in [6.45, 7) is 7.67. The van der Waals surface area contributed by atoms with Crippen molar-refractivity contribution in [3.63, 3.8) is 0 Å². The van der Waals surface area contributed by atoms with E-state index in [1.54, 1.807) is 37.1 Å². The van der Waals surface area contributed by atoms with Crippen LogP contribution >= 0.6 is 23.2 Å². The lowest BCUT2D eigenvalue weighted by molar-refractivity contribution is -0.127. The van der Waals surface area contributed by atoms with Crippen LogP contribution in [0.2, 0.25) is 10.0 Å². The Hall–Kier alpha value is -2.08. The van der Waals surface area contributed by atoms with Gasteiger partial charge < -0.3 is 10.6 Å². The van der Waals surface area contributed by atoms with Crippen LogP contribution < -0.4 is 10.6 Å². The zero-order chi connectivity index (χ0) is 21.7. The highest BCUT2D eigenvalue weighted by atomic mass is 35.5. The summed E-state index contributed by atoms with van der Waals surface area (Å²) in [5.41, 5.74) is 3.71. The highest BCUT2D eigenvalue weighted by Crippen LogP contribution is 2.26. The Bertz CT molecular complexity index is 902. The molecule has 5 nitrogen and oxygen atoms in total. The van der Waals surface area contributed by atoms with E-state index in [0.717, 1.165) is 22.4 Å². The van der Waals surface area contributed by atoms with Gasteiger partial charge in [0.25, 0.3) is 0 Å². The van der Waals surface area contributed by atoms with Gasteiger partial charge in [-0.1, -0.05) is 41.4 Å². The van der Waals surface area contributed by atoms with Crippen LogP contribution in [0, 0.1) is 13.8 Å². The van der Waals surface area contributed by atoms with Crippen molar-refractivity contribution in [2.24, 2.45) is 0 Å².